The highest BCUT2D eigenvalue weighted by atomic mass is 35.5. The van der Waals surface area contributed by atoms with Gasteiger partial charge in [0.05, 0.1) is 0 Å². The summed E-state index contributed by atoms with van der Waals surface area (Å²) < 4.78 is 0. The molecule has 2 atom stereocenters. The number of nitrogens with one attached hydrogen (secondary N) is 1. The molecule has 0 amide bonds. The summed E-state index contributed by atoms with van der Waals surface area (Å²) >= 11 is 6.24. The monoisotopic (exact) mass is 266 g/mol. The first-order chi connectivity index (χ1) is 8.66. The zero-order chi connectivity index (χ0) is 13.0. The van der Waals surface area contributed by atoms with E-state index in [4.69, 9.17) is 11.6 Å². The van der Waals surface area contributed by atoms with Crippen LogP contribution in [-0.4, -0.2) is 31.1 Å². The molecule has 0 aromatic heterocycles. The quantitative estimate of drug-likeness (QED) is 0.901. The highest BCUT2D eigenvalue weighted by Crippen LogP contribution is 2.23. The summed E-state index contributed by atoms with van der Waals surface area (Å²) in [6.45, 7) is 4.61. The Morgan fingerprint density at radius 1 is 1.28 bits per heavy atom. The molecule has 100 valence electrons. The van der Waals surface area contributed by atoms with Crippen LogP contribution < -0.4 is 5.32 Å². The van der Waals surface area contributed by atoms with E-state index >= 15 is 0 Å². The van der Waals surface area contributed by atoms with Crippen LogP contribution in [0, 0.1) is 0 Å². The average Bonchev–Trinajstić information content (AvgIpc) is 2.55. The van der Waals surface area contributed by atoms with E-state index in [9.17, 15) is 0 Å². The van der Waals surface area contributed by atoms with Crippen LogP contribution in [0.5, 0.6) is 0 Å². The van der Waals surface area contributed by atoms with Crippen molar-refractivity contribution in [2.75, 3.05) is 20.1 Å². The van der Waals surface area contributed by atoms with Crippen LogP contribution in [0.2, 0.25) is 5.02 Å². The number of likely N-dealkylation sites (tertiary alicyclic amines) is 1. The molecule has 18 heavy (non-hydrogen) atoms. The molecule has 1 unspecified atom stereocenters. The normalized spacial score (nSPS) is 23.6. The lowest BCUT2D eigenvalue weighted by Crippen LogP contribution is -2.32. The topological polar surface area (TPSA) is 15.3 Å². The molecule has 0 spiro atoms. The summed E-state index contributed by atoms with van der Waals surface area (Å²) in [5.41, 5.74) is 1.21. The molecule has 0 radical (unpaired) electrons. The molecule has 2 nitrogen and oxygen atoms in total. The molecule has 3 heteroatoms. The largest absolute Gasteiger partial charge is 0.307 e. The van der Waals surface area contributed by atoms with Gasteiger partial charge < -0.3 is 10.2 Å². The van der Waals surface area contributed by atoms with Crippen molar-refractivity contribution in [3.63, 3.8) is 0 Å². The second-order valence-corrected chi connectivity index (χ2v) is 5.75. The van der Waals surface area contributed by atoms with Crippen molar-refractivity contribution in [2.24, 2.45) is 0 Å². The number of hydrogen-bond donors (Lipinski definition) is 1. The second kappa shape index (κ2) is 6.55. The van der Waals surface area contributed by atoms with E-state index in [0.29, 0.717) is 12.1 Å². The average molecular weight is 267 g/mol. The van der Waals surface area contributed by atoms with Gasteiger partial charge in [0.15, 0.2) is 0 Å². The Labute approximate surface area is 115 Å². The van der Waals surface area contributed by atoms with Gasteiger partial charge in [-0.3, -0.25) is 0 Å². The Morgan fingerprint density at radius 3 is 2.83 bits per heavy atom. The van der Waals surface area contributed by atoms with E-state index in [-0.39, 0.29) is 0 Å². The Bertz CT molecular complexity index is 381. The van der Waals surface area contributed by atoms with Crippen LogP contribution in [0.3, 0.4) is 0 Å². The van der Waals surface area contributed by atoms with Gasteiger partial charge in [0.25, 0.3) is 0 Å². The van der Waals surface area contributed by atoms with Crippen LogP contribution in [0.1, 0.15) is 37.8 Å². The van der Waals surface area contributed by atoms with E-state index in [1.165, 1.54) is 37.9 Å². The van der Waals surface area contributed by atoms with Crippen molar-refractivity contribution in [3.8, 4) is 0 Å². The molecule has 0 saturated carbocycles. The second-order valence-electron chi connectivity index (χ2n) is 5.34. The van der Waals surface area contributed by atoms with E-state index < -0.39 is 0 Å². The van der Waals surface area contributed by atoms with Gasteiger partial charge in [0.2, 0.25) is 0 Å². The fourth-order valence-electron chi connectivity index (χ4n) is 2.68. The zero-order valence-corrected chi connectivity index (χ0v) is 12.1. The summed E-state index contributed by atoms with van der Waals surface area (Å²) in [4.78, 5) is 2.42. The van der Waals surface area contributed by atoms with Crippen LogP contribution in [0.25, 0.3) is 0 Å². The Morgan fingerprint density at radius 2 is 2.06 bits per heavy atom. The molecule has 1 N–H and O–H groups in total. The van der Waals surface area contributed by atoms with Crippen LogP contribution in [0.15, 0.2) is 24.3 Å². The van der Waals surface area contributed by atoms with Gasteiger partial charge in [-0.2, -0.15) is 0 Å². The third kappa shape index (κ3) is 3.71. The SMILES string of the molecule is C[C@@H](NC1CCCN(C)CC1)c1ccccc1Cl. The minimum absolute atomic E-state index is 0.326. The zero-order valence-electron chi connectivity index (χ0n) is 11.3. The molecule has 1 aliphatic heterocycles. The van der Waals surface area contributed by atoms with E-state index in [0.717, 1.165) is 5.02 Å². The molecule has 2 rings (SSSR count). The van der Waals surface area contributed by atoms with E-state index in [1.54, 1.807) is 0 Å². The highest BCUT2D eigenvalue weighted by Gasteiger charge is 2.18. The maximum absolute atomic E-state index is 6.24. The van der Waals surface area contributed by atoms with E-state index in [1.807, 2.05) is 12.1 Å². The Balaban J connectivity index is 1.94. The molecule has 1 heterocycles. The molecule has 1 aliphatic rings. The van der Waals surface area contributed by atoms with Gasteiger partial charge in [-0.1, -0.05) is 29.8 Å². The smallest absolute Gasteiger partial charge is 0.0453 e. The summed E-state index contributed by atoms with van der Waals surface area (Å²) in [5.74, 6) is 0. The summed E-state index contributed by atoms with van der Waals surface area (Å²) in [7, 11) is 2.21. The number of hydrogen-bond acceptors (Lipinski definition) is 2. The van der Waals surface area contributed by atoms with Crippen molar-refractivity contribution >= 4 is 11.6 Å². The molecule has 1 aromatic rings. The lowest BCUT2D eigenvalue weighted by Gasteiger charge is -2.23. The predicted molar refractivity (Wildman–Crippen MR) is 78.1 cm³/mol. The Kier molecular flexibility index (Phi) is 5.04. The predicted octanol–water partition coefficient (Wildman–Crippen LogP) is 3.47. The number of benzene rings is 1. The van der Waals surface area contributed by atoms with Crippen molar-refractivity contribution in [2.45, 2.75) is 38.3 Å². The molecule has 1 saturated heterocycles. The molecule has 0 bridgehead atoms. The third-order valence-electron chi connectivity index (χ3n) is 3.81. The molecular formula is C15H23ClN2. The van der Waals surface area contributed by atoms with Crippen LogP contribution in [0.4, 0.5) is 0 Å². The molecule has 1 aromatic carbocycles. The minimum atomic E-state index is 0.326. The summed E-state index contributed by atoms with van der Waals surface area (Å²) in [6, 6.07) is 9.06. The maximum atomic E-state index is 6.24. The van der Waals surface area contributed by atoms with Crippen molar-refractivity contribution in [1.82, 2.24) is 10.2 Å². The first kappa shape index (κ1) is 13.9. The fraction of sp³-hybridized carbons (Fsp3) is 0.600. The van der Waals surface area contributed by atoms with Gasteiger partial charge in [-0.25, -0.2) is 0 Å². The molecular weight excluding hydrogens is 244 g/mol. The Hall–Kier alpha value is -0.570. The molecule has 1 fully saturated rings. The van der Waals surface area contributed by atoms with Crippen molar-refractivity contribution in [1.29, 1.82) is 0 Å². The molecule has 0 aliphatic carbocycles. The van der Waals surface area contributed by atoms with Gasteiger partial charge in [0.1, 0.15) is 0 Å². The van der Waals surface area contributed by atoms with Gasteiger partial charge >= 0.3 is 0 Å². The number of halogens is 1. The maximum Gasteiger partial charge on any atom is 0.0453 e. The van der Waals surface area contributed by atoms with Crippen LogP contribution >= 0.6 is 11.6 Å². The van der Waals surface area contributed by atoms with E-state index in [2.05, 4.69) is 36.3 Å². The fourth-order valence-corrected chi connectivity index (χ4v) is 2.98. The first-order valence-corrected chi connectivity index (χ1v) is 7.23. The summed E-state index contributed by atoms with van der Waals surface area (Å²) in [6.07, 6.45) is 3.77. The lowest BCUT2D eigenvalue weighted by atomic mass is 10.0. The van der Waals surface area contributed by atoms with Crippen molar-refractivity contribution < 1.29 is 0 Å². The van der Waals surface area contributed by atoms with Gasteiger partial charge in [0, 0.05) is 17.1 Å². The van der Waals surface area contributed by atoms with Gasteiger partial charge in [-0.15, -0.1) is 0 Å². The van der Waals surface area contributed by atoms with Gasteiger partial charge in [-0.05, 0) is 58.0 Å². The summed E-state index contributed by atoms with van der Waals surface area (Å²) in [5, 5.41) is 4.59. The number of nitrogens with zero attached hydrogens (tertiary/aromatic N) is 1. The minimum Gasteiger partial charge on any atom is -0.307 e. The first-order valence-electron chi connectivity index (χ1n) is 6.86. The van der Waals surface area contributed by atoms with Crippen LogP contribution in [-0.2, 0) is 0 Å². The lowest BCUT2D eigenvalue weighted by molar-refractivity contribution is 0.340. The highest BCUT2D eigenvalue weighted by molar-refractivity contribution is 6.31. The standard InChI is InChI=1S/C15H23ClN2/c1-12(14-7-3-4-8-15(14)16)17-13-6-5-10-18(2)11-9-13/h3-4,7-8,12-13,17H,5-6,9-11H2,1-2H3/t12-,13?/m1/s1. The third-order valence-corrected chi connectivity index (χ3v) is 4.15. The van der Waals surface area contributed by atoms with Crippen molar-refractivity contribution in [3.05, 3.63) is 34.9 Å². The number of rotatable bonds is 3.